The molecule has 156 valence electrons. The molecule has 4 aromatic heterocycles. The van der Waals surface area contributed by atoms with Crippen LogP contribution in [0.15, 0.2) is 61.2 Å². The van der Waals surface area contributed by atoms with Crippen LogP contribution in [0.25, 0.3) is 16.6 Å². The molecular formula is C21H17ClN6O3. The number of halogens is 1. The second kappa shape index (κ2) is 8.41. The Kier molecular flexibility index (Phi) is 5.50. The number of fused-ring (bicyclic) bond motifs is 1. The molecule has 0 atom stereocenters. The predicted molar refractivity (Wildman–Crippen MR) is 116 cm³/mol. The number of amides is 2. The molecule has 0 saturated heterocycles. The zero-order valence-electron chi connectivity index (χ0n) is 16.6. The van der Waals surface area contributed by atoms with Gasteiger partial charge in [-0.25, -0.2) is 19.3 Å². The number of pyridine rings is 3. The standard InChI is InChI=1S/C21H17ClN6O3/c1-27(15-4-5-18(22)23-11-15)20(29)13-7-8-28-17(9-13)16(12-25-28)14-3-6-19(24-10-14)26-21(30)31-2/h3-12H,1-2H3,(H,24,26,30). The maximum atomic E-state index is 13.0. The molecule has 31 heavy (non-hydrogen) atoms. The topological polar surface area (TPSA) is 102 Å². The van der Waals surface area contributed by atoms with Gasteiger partial charge in [-0.2, -0.15) is 5.10 Å². The Morgan fingerprint density at radius 3 is 2.61 bits per heavy atom. The van der Waals surface area contributed by atoms with E-state index in [9.17, 15) is 9.59 Å². The van der Waals surface area contributed by atoms with E-state index in [1.807, 2.05) is 0 Å². The van der Waals surface area contributed by atoms with Crippen molar-refractivity contribution in [1.82, 2.24) is 19.6 Å². The molecule has 0 aromatic carbocycles. The Hall–Kier alpha value is -3.98. The number of carbonyl (C=O) groups excluding carboxylic acids is 2. The molecule has 0 aliphatic carbocycles. The minimum Gasteiger partial charge on any atom is -0.453 e. The summed E-state index contributed by atoms with van der Waals surface area (Å²) in [6.07, 6.45) is 5.97. The molecule has 4 rings (SSSR count). The molecule has 9 nitrogen and oxygen atoms in total. The fourth-order valence-electron chi connectivity index (χ4n) is 3.00. The molecule has 10 heteroatoms. The van der Waals surface area contributed by atoms with Crippen LogP contribution in [0.4, 0.5) is 16.3 Å². The fraction of sp³-hybridized carbons (Fsp3) is 0.0952. The average Bonchev–Trinajstić information content (AvgIpc) is 3.22. The number of nitrogens with zero attached hydrogens (tertiary/aromatic N) is 5. The van der Waals surface area contributed by atoms with Crippen LogP contribution in [0.1, 0.15) is 10.4 Å². The Morgan fingerprint density at radius 1 is 1.10 bits per heavy atom. The number of aromatic nitrogens is 4. The van der Waals surface area contributed by atoms with Crippen molar-refractivity contribution in [3.05, 3.63) is 71.9 Å². The molecular weight excluding hydrogens is 420 g/mol. The molecule has 0 radical (unpaired) electrons. The van der Waals surface area contributed by atoms with Gasteiger partial charge in [-0.3, -0.25) is 10.1 Å². The first kappa shape index (κ1) is 20.3. The Morgan fingerprint density at radius 2 is 1.94 bits per heavy atom. The van der Waals surface area contributed by atoms with Crippen LogP contribution in [0.2, 0.25) is 5.15 Å². The van der Waals surface area contributed by atoms with Gasteiger partial charge in [0.05, 0.1) is 30.7 Å². The maximum absolute atomic E-state index is 13.0. The molecule has 4 heterocycles. The van der Waals surface area contributed by atoms with Crippen LogP contribution < -0.4 is 10.2 Å². The van der Waals surface area contributed by atoms with Crippen LogP contribution in [-0.4, -0.2) is 45.7 Å². The van der Waals surface area contributed by atoms with E-state index in [2.05, 4.69) is 25.1 Å². The van der Waals surface area contributed by atoms with Crippen molar-refractivity contribution in [1.29, 1.82) is 0 Å². The number of hydrogen-bond donors (Lipinski definition) is 1. The van der Waals surface area contributed by atoms with Crippen LogP contribution in [0, 0.1) is 0 Å². The normalized spacial score (nSPS) is 10.7. The van der Waals surface area contributed by atoms with Gasteiger partial charge in [0.25, 0.3) is 5.91 Å². The molecule has 0 unspecified atom stereocenters. The van der Waals surface area contributed by atoms with Gasteiger partial charge in [-0.1, -0.05) is 11.6 Å². The number of anilines is 2. The largest absolute Gasteiger partial charge is 0.453 e. The SMILES string of the molecule is COC(=O)Nc1ccc(-c2cnn3ccc(C(=O)N(C)c4ccc(Cl)nc4)cc23)cn1. The predicted octanol–water partition coefficient (Wildman–Crippen LogP) is 3.90. The summed E-state index contributed by atoms with van der Waals surface area (Å²) in [5, 5.41) is 7.20. The second-order valence-corrected chi connectivity index (χ2v) is 6.94. The summed E-state index contributed by atoms with van der Waals surface area (Å²) < 4.78 is 6.23. The number of ether oxygens (including phenoxy) is 1. The van der Waals surface area contributed by atoms with Crippen molar-refractivity contribution in [2.75, 3.05) is 24.4 Å². The highest BCUT2D eigenvalue weighted by atomic mass is 35.5. The third kappa shape index (κ3) is 4.17. The van der Waals surface area contributed by atoms with Crippen molar-refractivity contribution < 1.29 is 14.3 Å². The number of methoxy groups -OCH3 is 1. The molecule has 0 aliphatic rings. The lowest BCUT2D eigenvalue weighted by atomic mass is 10.1. The van der Waals surface area contributed by atoms with E-state index < -0.39 is 6.09 Å². The summed E-state index contributed by atoms with van der Waals surface area (Å²) in [5.41, 5.74) is 3.43. The van der Waals surface area contributed by atoms with Crippen LogP contribution in [0.3, 0.4) is 0 Å². The smallest absolute Gasteiger partial charge is 0.412 e. The highest BCUT2D eigenvalue weighted by Crippen LogP contribution is 2.26. The first-order valence-electron chi connectivity index (χ1n) is 9.14. The van der Waals surface area contributed by atoms with Crippen molar-refractivity contribution in [2.24, 2.45) is 0 Å². The fourth-order valence-corrected chi connectivity index (χ4v) is 3.11. The summed E-state index contributed by atoms with van der Waals surface area (Å²) in [4.78, 5) is 34.0. The molecule has 0 aliphatic heterocycles. The maximum Gasteiger partial charge on any atom is 0.412 e. The van der Waals surface area contributed by atoms with Gasteiger partial charge in [0, 0.05) is 36.1 Å². The molecule has 0 fully saturated rings. The lowest BCUT2D eigenvalue weighted by Crippen LogP contribution is -2.26. The van der Waals surface area contributed by atoms with Gasteiger partial charge in [-0.05, 0) is 36.4 Å². The third-order valence-corrected chi connectivity index (χ3v) is 4.89. The number of nitrogens with one attached hydrogen (secondary N) is 1. The van der Waals surface area contributed by atoms with E-state index in [0.29, 0.717) is 22.2 Å². The third-order valence-electron chi connectivity index (χ3n) is 4.66. The lowest BCUT2D eigenvalue weighted by Gasteiger charge is -2.17. The summed E-state index contributed by atoms with van der Waals surface area (Å²) in [5.74, 6) is 0.163. The summed E-state index contributed by atoms with van der Waals surface area (Å²) in [7, 11) is 2.95. The molecule has 4 aromatic rings. The van der Waals surface area contributed by atoms with Gasteiger partial charge in [-0.15, -0.1) is 0 Å². The molecule has 0 spiro atoms. The number of rotatable bonds is 4. The zero-order chi connectivity index (χ0) is 22.0. The molecule has 0 bridgehead atoms. The van der Waals surface area contributed by atoms with Crippen molar-refractivity contribution in [3.8, 4) is 11.1 Å². The first-order valence-corrected chi connectivity index (χ1v) is 9.52. The van der Waals surface area contributed by atoms with Gasteiger partial charge in [0.1, 0.15) is 11.0 Å². The van der Waals surface area contributed by atoms with Gasteiger partial charge < -0.3 is 9.64 Å². The van der Waals surface area contributed by atoms with Crippen LogP contribution >= 0.6 is 11.6 Å². The number of hydrogen-bond acceptors (Lipinski definition) is 6. The highest BCUT2D eigenvalue weighted by Gasteiger charge is 2.16. The summed E-state index contributed by atoms with van der Waals surface area (Å²) in [6, 6.07) is 10.3. The van der Waals surface area contributed by atoms with E-state index in [4.69, 9.17) is 11.6 Å². The monoisotopic (exact) mass is 436 g/mol. The second-order valence-electron chi connectivity index (χ2n) is 6.56. The molecule has 1 N–H and O–H groups in total. The van der Waals surface area contributed by atoms with E-state index >= 15 is 0 Å². The van der Waals surface area contributed by atoms with E-state index in [1.165, 1.54) is 12.0 Å². The van der Waals surface area contributed by atoms with Crippen LogP contribution in [-0.2, 0) is 4.74 Å². The zero-order valence-corrected chi connectivity index (χ0v) is 17.4. The Bertz CT molecular complexity index is 1250. The van der Waals surface area contributed by atoms with Crippen molar-refractivity contribution in [2.45, 2.75) is 0 Å². The van der Waals surface area contributed by atoms with Gasteiger partial charge in [0.15, 0.2) is 0 Å². The van der Waals surface area contributed by atoms with Crippen molar-refractivity contribution in [3.63, 3.8) is 0 Å². The Balaban J connectivity index is 1.64. The average molecular weight is 437 g/mol. The van der Waals surface area contributed by atoms with E-state index in [1.54, 1.807) is 72.7 Å². The van der Waals surface area contributed by atoms with Gasteiger partial charge in [0.2, 0.25) is 0 Å². The van der Waals surface area contributed by atoms with E-state index in [0.717, 1.165) is 16.6 Å². The number of carbonyl (C=O) groups is 2. The molecule has 0 saturated carbocycles. The minimum atomic E-state index is -0.598. The van der Waals surface area contributed by atoms with E-state index in [-0.39, 0.29) is 5.91 Å². The van der Waals surface area contributed by atoms with Gasteiger partial charge >= 0.3 is 6.09 Å². The van der Waals surface area contributed by atoms with Crippen LogP contribution in [0.5, 0.6) is 0 Å². The summed E-state index contributed by atoms with van der Waals surface area (Å²) in [6.45, 7) is 0. The first-order chi connectivity index (χ1) is 15.0. The molecule has 2 amide bonds. The quantitative estimate of drug-likeness (QED) is 0.487. The summed E-state index contributed by atoms with van der Waals surface area (Å²) >= 11 is 5.83. The van der Waals surface area contributed by atoms with Crippen molar-refractivity contribution >= 4 is 40.6 Å². The Labute approximate surface area is 182 Å². The highest BCUT2D eigenvalue weighted by molar-refractivity contribution is 6.29. The lowest BCUT2D eigenvalue weighted by molar-refractivity contribution is 0.0993. The minimum absolute atomic E-state index is 0.200.